The van der Waals surface area contributed by atoms with Crippen LogP contribution in [-0.4, -0.2) is 18.7 Å². The van der Waals surface area contributed by atoms with E-state index >= 15 is 4.39 Å². The Morgan fingerprint density at radius 1 is 0.794 bits per heavy atom. The monoisotopic (exact) mass is 479 g/mol. The van der Waals surface area contributed by atoms with Gasteiger partial charge in [0.15, 0.2) is 0 Å². The molecular weight excluding hydrogens is 452 g/mol. The van der Waals surface area contributed by atoms with Gasteiger partial charge in [-0.2, -0.15) is 0 Å². The van der Waals surface area contributed by atoms with Crippen molar-refractivity contribution in [3.05, 3.63) is 111 Å². The van der Waals surface area contributed by atoms with Crippen molar-refractivity contribution in [1.29, 1.82) is 0 Å². The summed E-state index contributed by atoms with van der Waals surface area (Å²) in [5.41, 5.74) is 4.86. The first kappa shape index (κ1) is 24.3. The van der Waals surface area contributed by atoms with Crippen LogP contribution in [0.25, 0.3) is 10.8 Å². The molecule has 4 aromatic rings. The molecule has 1 aromatic heterocycles. The van der Waals surface area contributed by atoms with Crippen molar-refractivity contribution >= 4 is 22.4 Å². The maximum atomic E-state index is 15.1. The topological polar surface area (TPSA) is 22.1 Å². The highest BCUT2D eigenvalue weighted by molar-refractivity contribution is 6.30. The lowest BCUT2D eigenvalue weighted by Crippen LogP contribution is -1.98. The molecule has 0 aliphatic carbocycles. The second-order valence-electron chi connectivity index (χ2n) is 8.60. The van der Waals surface area contributed by atoms with Gasteiger partial charge in [0.1, 0.15) is 11.6 Å². The first-order valence-electron chi connectivity index (χ1n) is 11.6. The Morgan fingerprint density at radius 2 is 1.56 bits per heavy atom. The lowest BCUT2D eigenvalue weighted by molar-refractivity contribution is 0.195. The number of aryl methyl sites for hydroxylation is 5. The standard InChI is InChI=1S/C29H28ClF2NO/c1-34-16-2-3-22-6-13-25(33-19-22)12-5-20-7-14-26-24(17-20)11-10-23(29(26)32)9-4-21-8-15-27(30)28(31)18-21/h6-8,10-11,13-15,17-19H,2-5,9,12,16H2,1H3. The van der Waals surface area contributed by atoms with E-state index in [0.717, 1.165) is 54.5 Å². The number of rotatable bonds is 10. The molecule has 0 atom stereocenters. The average molecular weight is 480 g/mol. The zero-order valence-corrected chi connectivity index (χ0v) is 20.0. The van der Waals surface area contributed by atoms with E-state index in [2.05, 4.69) is 23.2 Å². The van der Waals surface area contributed by atoms with Crippen molar-refractivity contribution in [2.45, 2.75) is 38.5 Å². The molecule has 0 unspecified atom stereocenters. The molecule has 34 heavy (non-hydrogen) atoms. The molecule has 1 heterocycles. The molecule has 0 N–H and O–H groups in total. The van der Waals surface area contributed by atoms with Gasteiger partial charge in [0.05, 0.1) is 5.02 Å². The molecule has 0 radical (unpaired) electrons. The van der Waals surface area contributed by atoms with Crippen LogP contribution in [0.15, 0.2) is 66.9 Å². The Bertz CT molecular complexity index is 1260. The van der Waals surface area contributed by atoms with Crippen molar-refractivity contribution in [1.82, 2.24) is 4.98 Å². The SMILES string of the molecule is COCCCc1ccc(CCc2ccc3c(F)c(CCc4ccc(Cl)c(F)c4)ccc3c2)nc1. The largest absolute Gasteiger partial charge is 0.385 e. The van der Waals surface area contributed by atoms with Crippen molar-refractivity contribution in [2.24, 2.45) is 0 Å². The van der Waals surface area contributed by atoms with Crippen molar-refractivity contribution < 1.29 is 13.5 Å². The molecule has 5 heteroatoms. The van der Waals surface area contributed by atoms with Crippen LogP contribution in [-0.2, 0) is 36.8 Å². The van der Waals surface area contributed by atoms with Gasteiger partial charge < -0.3 is 4.74 Å². The number of fused-ring (bicyclic) bond motifs is 1. The van der Waals surface area contributed by atoms with Crippen molar-refractivity contribution in [3.8, 4) is 0 Å². The van der Waals surface area contributed by atoms with Crippen LogP contribution in [0, 0.1) is 11.6 Å². The van der Waals surface area contributed by atoms with Gasteiger partial charge in [-0.1, -0.05) is 54.1 Å². The summed E-state index contributed by atoms with van der Waals surface area (Å²) in [5.74, 6) is -0.650. The van der Waals surface area contributed by atoms with Crippen LogP contribution in [0.5, 0.6) is 0 Å². The molecule has 0 fully saturated rings. The molecule has 3 aromatic carbocycles. The number of halogens is 3. The summed E-state index contributed by atoms with van der Waals surface area (Å²) in [4.78, 5) is 4.58. The average Bonchev–Trinajstić information content (AvgIpc) is 2.85. The van der Waals surface area contributed by atoms with Gasteiger partial charge >= 0.3 is 0 Å². The Balaban J connectivity index is 1.38. The summed E-state index contributed by atoms with van der Waals surface area (Å²) in [7, 11) is 1.72. The van der Waals surface area contributed by atoms with E-state index in [1.165, 1.54) is 17.7 Å². The second kappa shape index (κ2) is 11.5. The van der Waals surface area contributed by atoms with E-state index in [1.54, 1.807) is 13.2 Å². The number of benzene rings is 3. The third kappa shape index (κ3) is 6.19. The minimum Gasteiger partial charge on any atom is -0.385 e. The number of hydrogen-bond donors (Lipinski definition) is 0. The van der Waals surface area contributed by atoms with Gasteiger partial charge in [0.25, 0.3) is 0 Å². The minimum atomic E-state index is -0.445. The predicted molar refractivity (Wildman–Crippen MR) is 135 cm³/mol. The molecule has 4 rings (SSSR count). The molecule has 0 spiro atoms. The van der Waals surface area contributed by atoms with Crippen LogP contribution in [0.4, 0.5) is 8.78 Å². The van der Waals surface area contributed by atoms with Crippen LogP contribution in [0.1, 0.15) is 34.4 Å². The Kier molecular flexibility index (Phi) is 8.25. The fourth-order valence-corrected chi connectivity index (χ4v) is 4.27. The van der Waals surface area contributed by atoms with Crippen LogP contribution < -0.4 is 0 Å². The normalized spacial score (nSPS) is 11.3. The molecular formula is C29H28ClF2NO. The molecule has 2 nitrogen and oxygen atoms in total. The third-order valence-corrected chi connectivity index (χ3v) is 6.44. The van der Waals surface area contributed by atoms with Gasteiger partial charge in [-0.25, -0.2) is 8.78 Å². The molecule has 0 saturated carbocycles. The quantitative estimate of drug-likeness (QED) is 0.222. The molecule has 0 saturated heterocycles. The Hall–Kier alpha value is -2.82. The van der Waals surface area contributed by atoms with E-state index in [0.29, 0.717) is 23.8 Å². The summed E-state index contributed by atoms with van der Waals surface area (Å²) in [6, 6.07) is 18.6. The van der Waals surface area contributed by atoms with Gasteiger partial charge in [-0.3, -0.25) is 4.98 Å². The van der Waals surface area contributed by atoms with Crippen LogP contribution in [0.3, 0.4) is 0 Å². The van der Waals surface area contributed by atoms with Crippen molar-refractivity contribution in [3.63, 3.8) is 0 Å². The Labute approximate surface area is 204 Å². The summed E-state index contributed by atoms with van der Waals surface area (Å²) in [6.07, 6.45) is 6.63. The highest BCUT2D eigenvalue weighted by Crippen LogP contribution is 2.25. The fraction of sp³-hybridized carbons (Fsp3) is 0.276. The maximum Gasteiger partial charge on any atom is 0.142 e. The fourth-order valence-electron chi connectivity index (χ4n) is 4.15. The van der Waals surface area contributed by atoms with Gasteiger partial charge in [0.2, 0.25) is 0 Å². The molecule has 176 valence electrons. The van der Waals surface area contributed by atoms with E-state index in [9.17, 15) is 4.39 Å². The smallest absolute Gasteiger partial charge is 0.142 e. The van der Waals surface area contributed by atoms with E-state index in [1.807, 2.05) is 30.5 Å². The number of ether oxygens (including phenoxy) is 1. The van der Waals surface area contributed by atoms with Gasteiger partial charge in [-0.05, 0) is 84.4 Å². The number of pyridine rings is 1. The summed E-state index contributed by atoms with van der Waals surface area (Å²) in [5, 5.41) is 1.60. The zero-order chi connectivity index (χ0) is 23.9. The maximum absolute atomic E-state index is 15.1. The lowest BCUT2D eigenvalue weighted by atomic mass is 9.98. The molecule has 0 aliphatic heterocycles. The molecule has 0 amide bonds. The zero-order valence-electron chi connectivity index (χ0n) is 19.3. The number of hydrogen-bond acceptors (Lipinski definition) is 2. The highest BCUT2D eigenvalue weighted by atomic mass is 35.5. The first-order valence-corrected chi connectivity index (χ1v) is 12.0. The van der Waals surface area contributed by atoms with E-state index in [4.69, 9.17) is 16.3 Å². The number of nitrogens with zero attached hydrogens (tertiary/aromatic N) is 1. The summed E-state index contributed by atoms with van der Waals surface area (Å²) < 4.78 is 33.9. The number of methoxy groups -OCH3 is 1. The third-order valence-electron chi connectivity index (χ3n) is 6.14. The minimum absolute atomic E-state index is 0.0992. The first-order chi connectivity index (χ1) is 16.5. The van der Waals surface area contributed by atoms with E-state index < -0.39 is 5.82 Å². The second-order valence-corrected chi connectivity index (χ2v) is 9.00. The highest BCUT2D eigenvalue weighted by Gasteiger charge is 2.10. The summed E-state index contributed by atoms with van der Waals surface area (Å²) >= 11 is 5.74. The van der Waals surface area contributed by atoms with Gasteiger partial charge in [-0.15, -0.1) is 0 Å². The predicted octanol–water partition coefficient (Wildman–Crippen LogP) is 7.32. The summed E-state index contributed by atoms with van der Waals surface area (Å²) in [6.45, 7) is 0.758. The molecule has 0 bridgehead atoms. The van der Waals surface area contributed by atoms with Crippen LogP contribution in [0.2, 0.25) is 5.02 Å². The van der Waals surface area contributed by atoms with Crippen molar-refractivity contribution in [2.75, 3.05) is 13.7 Å². The van der Waals surface area contributed by atoms with Crippen LogP contribution >= 0.6 is 11.6 Å². The Morgan fingerprint density at radius 3 is 2.32 bits per heavy atom. The lowest BCUT2D eigenvalue weighted by Gasteiger charge is -2.09. The van der Waals surface area contributed by atoms with Gasteiger partial charge in [0, 0.05) is 31.0 Å². The molecule has 0 aliphatic rings. The number of aromatic nitrogens is 1. The van der Waals surface area contributed by atoms with E-state index in [-0.39, 0.29) is 10.8 Å².